The maximum absolute atomic E-state index is 13.2. The lowest BCUT2D eigenvalue weighted by Gasteiger charge is -2.30. The standard InChI is InChI=1S/C19H24N2O6/c1-4-5-10-20-16(22)11-19(17(20)23,18(24)27-3)15(12-21(25)26)14-8-6-13(2)7-9-14/h6-9,15H,4-5,10-12H2,1-3H3/t15-,19-/m0/s1. The summed E-state index contributed by atoms with van der Waals surface area (Å²) < 4.78 is 4.86. The normalized spacial score (nSPS) is 20.6. The van der Waals surface area contributed by atoms with Crippen LogP contribution in [-0.2, 0) is 19.1 Å². The molecule has 146 valence electrons. The van der Waals surface area contributed by atoms with E-state index in [2.05, 4.69) is 0 Å². The Morgan fingerprint density at radius 2 is 1.96 bits per heavy atom. The third kappa shape index (κ3) is 3.84. The van der Waals surface area contributed by atoms with Gasteiger partial charge in [-0.3, -0.25) is 29.4 Å². The molecule has 0 radical (unpaired) electrons. The summed E-state index contributed by atoms with van der Waals surface area (Å²) in [5.41, 5.74) is -0.521. The van der Waals surface area contributed by atoms with E-state index in [-0.39, 0.29) is 6.54 Å². The molecule has 0 spiro atoms. The second kappa shape index (κ2) is 8.28. The first-order chi connectivity index (χ1) is 12.8. The van der Waals surface area contributed by atoms with E-state index in [9.17, 15) is 24.5 Å². The summed E-state index contributed by atoms with van der Waals surface area (Å²) >= 11 is 0. The minimum Gasteiger partial charge on any atom is -0.468 e. The molecule has 1 saturated heterocycles. The SMILES string of the molecule is CCCCN1C(=O)C[C@](C(=O)OC)([C@@H](C[N+](=O)[O-])c2ccc(C)cc2)C1=O. The number of carbonyl (C=O) groups is 3. The molecule has 8 heteroatoms. The molecule has 0 N–H and O–H groups in total. The van der Waals surface area contributed by atoms with Gasteiger partial charge in [-0.05, 0) is 18.9 Å². The Bertz CT molecular complexity index is 745. The van der Waals surface area contributed by atoms with Crippen LogP contribution in [0.15, 0.2) is 24.3 Å². The van der Waals surface area contributed by atoms with E-state index >= 15 is 0 Å². The van der Waals surface area contributed by atoms with Gasteiger partial charge in [-0.25, -0.2) is 0 Å². The first kappa shape index (κ1) is 20.5. The van der Waals surface area contributed by atoms with Crippen LogP contribution in [0.4, 0.5) is 0 Å². The average molecular weight is 376 g/mol. The van der Waals surface area contributed by atoms with Crippen LogP contribution in [0.1, 0.15) is 43.2 Å². The van der Waals surface area contributed by atoms with E-state index in [1.807, 2.05) is 13.8 Å². The van der Waals surface area contributed by atoms with Gasteiger partial charge in [-0.2, -0.15) is 0 Å². The number of unbranched alkanes of at least 4 members (excludes halogenated alkanes) is 1. The summed E-state index contributed by atoms with van der Waals surface area (Å²) in [6.07, 6.45) is 0.937. The lowest BCUT2D eigenvalue weighted by Crippen LogP contribution is -2.47. The van der Waals surface area contributed by atoms with E-state index < -0.39 is 47.0 Å². The van der Waals surface area contributed by atoms with Gasteiger partial charge in [0.2, 0.25) is 18.4 Å². The van der Waals surface area contributed by atoms with Crippen molar-refractivity contribution in [2.24, 2.45) is 5.41 Å². The number of ether oxygens (including phenoxy) is 1. The Labute approximate surface area is 157 Å². The summed E-state index contributed by atoms with van der Waals surface area (Å²) in [5, 5.41) is 11.3. The van der Waals surface area contributed by atoms with Crippen LogP contribution in [0.3, 0.4) is 0 Å². The molecule has 1 aromatic rings. The van der Waals surface area contributed by atoms with Gasteiger partial charge in [0.1, 0.15) is 0 Å². The van der Waals surface area contributed by atoms with E-state index in [0.717, 1.165) is 24.0 Å². The number of amides is 2. The summed E-state index contributed by atoms with van der Waals surface area (Å²) in [6.45, 7) is 3.31. The number of methoxy groups -OCH3 is 1. The van der Waals surface area contributed by atoms with Crippen LogP contribution in [-0.4, -0.2) is 47.8 Å². The minimum atomic E-state index is -1.91. The number of carbonyl (C=O) groups excluding carboxylic acids is 3. The van der Waals surface area contributed by atoms with Crippen LogP contribution >= 0.6 is 0 Å². The van der Waals surface area contributed by atoms with Crippen molar-refractivity contribution in [2.45, 2.75) is 39.0 Å². The monoisotopic (exact) mass is 376 g/mol. The topological polar surface area (TPSA) is 107 Å². The number of benzene rings is 1. The second-order valence-corrected chi connectivity index (χ2v) is 6.82. The molecular formula is C19H24N2O6. The molecule has 1 fully saturated rings. The van der Waals surface area contributed by atoms with Gasteiger partial charge in [0.05, 0.1) is 19.4 Å². The number of rotatable bonds is 8. The first-order valence-electron chi connectivity index (χ1n) is 8.89. The molecule has 2 rings (SSSR count). The highest BCUT2D eigenvalue weighted by molar-refractivity contribution is 6.16. The third-order valence-electron chi connectivity index (χ3n) is 5.05. The van der Waals surface area contributed by atoms with Crippen molar-refractivity contribution in [3.8, 4) is 0 Å². The van der Waals surface area contributed by atoms with Crippen molar-refractivity contribution in [1.29, 1.82) is 0 Å². The lowest BCUT2D eigenvalue weighted by molar-refractivity contribution is -0.485. The van der Waals surface area contributed by atoms with Crippen LogP contribution in [0.2, 0.25) is 0 Å². The molecule has 2 atom stereocenters. The number of esters is 1. The molecule has 8 nitrogen and oxygen atoms in total. The van der Waals surface area contributed by atoms with Crippen molar-refractivity contribution < 1.29 is 24.0 Å². The van der Waals surface area contributed by atoms with Gasteiger partial charge < -0.3 is 4.74 Å². The maximum atomic E-state index is 13.2. The van der Waals surface area contributed by atoms with Crippen molar-refractivity contribution in [2.75, 3.05) is 20.2 Å². The molecule has 1 aliphatic heterocycles. The maximum Gasteiger partial charge on any atom is 0.322 e. The Balaban J connectivity index is 2.58. The van der Waals surface area contributed by atoms with Crippen molar-refractivity contribution in [3.63, 3.8) is 0 Å². The van der Waals surface area contributed by atoms with Crippen LogP contribution in [0, 0.1) is 22.5 Å². The summed E-state index contributed by atoms with van der Waals surface area (Å²) in [7, 11) is 1.12. The highest BCUT2D eigenvalue weighted by atomic mass is 16.6. The Kier molecular flexibility index (Phi) is 6.30. The molecule has 1 aliphatic rings. The predicted molar refractivity (Wildman–Crippen MR) is 96.5 cm³/mol. The fourth-order valence-electron chi connectivity index (χ4n) is 3.56. The van der Waals surface area contributed by atoms with E-state index in [1.54, 1.807) is 24.3 Å². The van der Waals surface area contributed by atoms with Crippen molar-refractivity contribution in [1.82, 2.24) is 4.90 Å². The Morgan fingerprint density at radius 1 is 1.33 bits per heavy atom. The molecule has 1 aromatic carbocycles. The molecule has 1 heterocycles. The fraction of sp³-hybridized carbons (Fsp3) is 0.526. The van der Waals surface area contributed by atoms with E-state index in [1.165, 1.54) is 0 Å². The average Bonchev–Trinajstić information content (AvgIpc) is 2.89. The Hall–Kier alpha value is -2.77. The van der Waals surface area contributed by atoms with Crippen molar-refractivity contribution >= 4 is 17.8 Å². The van der Waals surface area contributed by atoms with Gasteiger partial charge in [0.15, 0.2) is 5.41 Å². The van der Waals surface area contributed by atoms with Gasteiger partial charge in [-0.1, -0.05) is 43.2 Å². The van der Waals surface area contributed by atoms with Gasteiger partial charge in [-0.15, -0.1) is 0 Å². The number of likely N-dealkylation sites (tertiary alicyclic amines) is 1. The summed E-state index contributed by atoms with van der Waals surface area (Å²) in [6, 6.07) is 6.81. The number of aryl methyl sites for hydroxylation is 1. The highest BCUT2D eigenvalue weighted by Gasteiger charge is 2.63. The number of nitro groups is 1. The molecule has 2 amide bonds. The first-order valence-corrected chi connectivity index (χ1v) is 8.89. The Morgan fingerprint density at radius 3 is 2.48 bits per heavy atom. The zero-order chi connectivity index (χ0) is 20.2. The highest BCUT2D eigenvalue weighted by Crippen LogP contribution is 2.46. The number of imide groups is 1. The largest absolute Gasteiger partial charge is 0.468 e. The van der Waals surface area contributed by atoms with Crippen LogP contribution < -0.4 is 0 Å². The second-order valence-electron chi connectivity index (χ2n) is 6.82. The van der Waals surface area contributed by atoms with Crippen LogP contribution in [0.25, 0.3) is 0 Å². The van der Waals surface area contributed by atoms with E-state index in [0.29, 0.717) is 12.0 Å². The van der Waals surface area contributed by atoms with Gasteiger partial charge in [0, 0.05) is 11.5 Å². The summed E-state index contributed by atoms with van der Waals surface area (Å²) in [5.74, 6) is -3.21. The molecule has 0 unspecified atom stereocenters. The predicted octanol–water partition coefficient (Wildman–Crippen LogP) is 2.07. The quantitative estimate of drug-likeness (QED) is 0.226. The zero-order valence-electron chi connectivity index (χ0n) is 15.8. The molecule has 0 aromatic heterocycles. The molecule has 0 aliphatic carbocycles. The zero-order valence-corrected chi connectivity index (χ0v) is 15.8. The van der Waals surface area contributed by atoms with E-state index in [4.69, 9.17) is 4.74 Å². The molecule has 0 saturated carbocycles. The van der Waals surface area contributed by atoms with Gasteiger partial charge in [0.25, 0.3) is 0 Å². The number of hydrogen-bond donors (Lipinski definition) is 0. The third-order valence-corrected chi connectivity index (χ3v) is 5.05. The fourth-order valence-corrected chi connectivity index (χ4v) is 3.56. The smallest absolute Gasteiger partial charge is 0.322 e. The van der Waals surface area contributed by atoms with Crippen molar-refractivity contribution in [3.05, 3.63) is 45.5 Å². The summed E-state index contributed by atoms with van der Waals surface area (Å²) in [4.78, 5) is 50.3. The lowest BCUT2D eigenvalue weighted by atomic mass is 9.70. The minimum absolute atomic E-state index is 0.187. The number of hydrogen-bond acceptors (Lipinski definition) is 6. The number of nitrogens with zero attached hydrogens (tertiary/aromatic N) is 2. The molecular weight excluding hydrogens is 352 g/mol. The van der Waals surface area contributed by atoms with Gasteiger partial charge >= 0.3 is 5.97 Å². The molecule has 27 heavy (non-hydrogen) atoms. The van der Waals surface area contributed by atoms with Crippen LogP contribution in [0.5, 0.6) is 0 Å². The molecule has 0 bridgehead atoms.